The number of carbonyl (C=O) groups excluding carboxylic acids is 1. The Hall–Kier alpha value is -2.11. The zero-order valence-electron chi connectivity index (χ0n) is 10.4. The van der Waals surface area contributed by atoms with E-state index in [0.29, 0.717) is 0 Å². The lowest BCUT2D eigenvalue weighted by Gasteiger charge is -2.11. The number of rotatable bonds is 6. The van der Waals surface area contributed by atoms with Crippen LogP contribution in [0.1, 0.15) is 20.3 Å². The van der Waals surface area contributed by atoms with Crippen LogP contribution in [-0.4, -0.2) is 23.5 Å². The van der Waals surface area contributed by atoms with Gasteiger partial charge < -0.3 is 10.1 Å². The van der Waals surface area contributed by atoms with Gasteiger partial charge in [-0.1, -0.05) is 19.1 Å². The molecular weight excluding hydrogens is 236 g/mol. The van der Waals surface area contributed by atoms with E-state index in [0.717, 1.165) is 6.42 Å². The fourth-order valence-corrected chi connectivity index (χ4v) is 1.29. The molecule has 18 heavy (non-hydrogen) atoms. The molecule has 0 aliphatic rings. The molecule has 0 spiro atoms. The molecule has 6 nitrogen and oxygen atoms in total. The Kier molecular flexibility index (Phi) is 5.10. The van der Waals surface area contributed by atoms with E-state index >= 15 is 0 Å². The summed E-state index contributed by atoms with van der Waals surface area (Å²) in [6.45, 7) is 3.60. The van der Waals surface area contributed by atoms with Gasteiger partial charge in [-0.15, -0.1) is 0 Å². The summed E-state index contributed by atoms with van der Waals surface area (Å²) < 4.78 is 5.15. The van der Waals surface area contributed by atoms with Crippen LogP contribution < -0.4 is 10.1 Å². The van der Waals surface area contributed by atoms with Crippen LogP contribution in [0.2, 0.25) is 0 Å². The van der Waals surface area contributed by atoms with Crippen LogP contribution in [0.4, 0.5) is 5.69 Å². The van der Waals surface area contributed by atoms with Crippen LogP contribution in [-0.2, 0) is 4.79 Å². The number of nitrogens with one attached hydrogen (secondary N) is 1. The second-order valence-corrected chi connectivity index (χ2v) is 3.89. The summed E-state index contributed by atoms with van der Waals surface area (Å²) in [5.41, 5.74) is -0.145. The molecule has 0 aromatic heterocycles. The average molecular weight is 252 g/mol. The van der Waals surface area contributed by atoms with Gasteiger partial charge in [0, 0.05) is 12.1 Å². The molecular formula is C12H16N2O4. The third-order valence-corrected chi connectivity index (χ3v) is 2.44. The maximum Gasteiger partial charge on any atom is 0.310 e. The van der Waals surface area contributed by atoms with Gasteiger partial charge in [0.1, 0.15) is 0 Å². The zero-order chi connectivity index (χ0) is 13.5. The number of benzene rings is 1. The highest BCUT2D eigenvalue weighted by Crippen LogP contribution is 2.25. The minimum absolute atomic E-state index is 0.0619. The minimum Gasteiger partial charge on any atom is -0.477 e. The Morgan fingerprint density at radius 1 is 1.50 bits per heavy atom. The molecule has 0 aliphatic carbocycles. The smallest absolute Gasteiger partial charge is 0.310 e. The molecule has 1 aromatic rings. The summed E-state index contributed by atoms with van der Waals surface area (Å²) in [5.74, 6) is -0.190. The summed E-state index contributed by atoms with van der Waals surface area (Å²) in [6, 6.07) is 6.03. The number of carbonyl (C=O) groups is 1. The fraction of sp³-hybridized carbons (Fsp3) is 0.417. The van der Waals surface area contributed by atoms with Crippen LogP contribution in [0.25, 0.3) is 0 Å². The lowest BCUT2D eigenvalue weighted by Crippen LogP contribution is -2.35. The molecule has 1 rings (SSSR count). The predicted octanol–water partition coefficient (Wildman–Crippen LogP) is 1.89. The van der Waals surface area contributed by atoms with Gasteiger partial charge in [-0.25, -0.2) is 0 Å². The number of nitro benzene ring substituents is 1. The third kappa shape index (κ3) is 4.04. The number of hydrogen-bond donors (Lipinski definition) is 1. The molecule has 1 amide bonds. The number of nitro groups is 1. The Morgan fingerprint density at radius 3 is 2.78 bits per heavy atom. The van der Waals surface area contributed by atoms with Crippen molar-refractivity contribution in [1.29, 1.82) is 0 Å². The van der Waals surface area contributed by atoms with E-state index in [4.69, 9.17) is 4.74 Å². The summed E-state index contributed by atoms with van der Waals surface area (Å²) >= 11 is 0. The summed E-state index contributed by atoms with van der Waals surface area (Å²) in [6.07, 6.45) is 0.817. The van der Waals surface area contributed by atoms with Gasteiger partial charge >= 0.3 is 5.69 Å². The van der Waals surface area contributed by atoms with Gasteiger partial charge in [0.25, 0.3) is 5.91 Å². The van der Waals surface area contributed by atoms with Crippen molar-refractivity contribution in [2.24, 2.45) is 0 Å². The number of hydrogen-bond acceptors (Lipinski definition) is 4. The van der Waals surface area contributed by atoms with Gasteiger partial charge in [0.15, 0.2) is 12.4 Å². The molecule has 0 radical (unpaired) electrons. The van der Waals surface area contributed by atoms with E-state index in [1.165, 1.54) is 12.1 Å². The van der Waals surface area contributed by atoms with E-state index < -0.39 is 4.92 Å². The van der Waals surface area contributed by atoms with Crippen LogP contribution in [0.5, 0.6) is 5.75 Å². The molecule has 0 saturated carbocycles. The lowest BCUT2D eigenvalue weighted by atomic mass is 10.2. The van der Waals surface area contributed by atoms with Gasteiger partial charge in [-0.05, 0) is 19.4 Å². The fourth-order valence-electron chi connectivity index (χ4n) is 1.29. The standard InChI is InChI=1S/C12H16N2O4/c1-3-9(2)13-12(15)8-18-11-7-5-4-6-10(11)14(16)17/h4-7,9H,3,8H2,1-2H3,(H,13,15)/t9-/m0/s1. The predicted molar refractivity (Wildman–Crippen MR) is 66.5 cm³/mol. The first kappa shape index (κ1) is 14.0. The number of para-hydroxylation sites is 2. The third-order valence-electron chi connectivity index (χ3n) is 2.44. The minimum atomic E-state index is -0.540. The molecule has 0 bridgehead atoms. The maximum atomic E-state index is 11.5. The van der Waals surface area contributed by atoms with Crippen molar-refractivity contribution in [3.63, 3.8) is 0 Å². The van der Waals surface area contributed by atoms with Crippen molar-refractivity contribution >= 4 is 11.6 Å². The number of amides is 1. The highest BCUT2D eigenvalue weighted by Gasteiger charge is 2.15. The van der Waals surface area contributed by atoms with Gasteiger partial charge in [-0.3, -0.25) is 14.9 Å². The molecule has 1 atom stereocenters. The van der Waals surface area contributed by atoms with Crippen LogP contribution in [0.15, 0.2) is 24.3 Å². The van der Waals surface area contributed by atoms with Crippen molar-refractivity contribution in [3.8, 4) is 5.75 Å². The Bertz CT molecular complexity index is 434. The van der Waals surface area contributed by atoms with Crippen molar-refractivity contribution in [2.45, 2.75) is 26.3 Å². The maximum absolute atomic E-state index is 11.5. The summed E-state index contributed by atoms with van der Waals surface area (Å²) in [5, 5.41) is 13.4. The molecule has 0 fully saturated rings. The monoisotopic (exact) mass is 252 g/mol. The second kappa shape index (κ2) is 6.58. The van der Waals surface area contributed by atoms with Gasteiger partial charge in [-0.2, -0.15) is 0 Å². The molecule has 6 heteroatoms. The molecule has 1 aromatic carbocycles. The van der Waals surface area contributed by atoms with E-state index in [-0.39, 0.29) is 30.0 Å². The SMILES string of the molecule is CC[C@H](C)NC(=O)COc1ccccc1[N+](=O)[O-]. The van der Waals surface area contributed by atoms with E-state index in [1.807, 2.05) is 13.8 Å². The molecule has 0 saturated heterocycles. The Labute approximate surface area is 105 Å². The highest BCUT2D eigenvalue weighted by molar-refractivity contribution is 5.77. The van der Waals surface area contributed by atoms with Crippen LogP contribution in [0, 0.1) is 10.1 Å². The van der Waals surface area contributed by atoms with Crippen LogP contribution >= 0.6 is 0 Å². The lowest BCUT2D eigenvalue weighted by molar-refractivity contribution is -0.385. The first-order valence-corrected chi connectivity index (χ1v) is 5.70. The van der Waals surface area contributed by atoms with E-state index in [2.05, 4.69) is 5.32 Å². The topological polar surface area (TPSA) is 81.5 Å². The van der Waals surface area contributed by atoms with Crippen LogP contribution in [0.3, 0.4) is 0 Å². The highest BCUT2D eigenvalue weighted by atomic mass is 16.6. The molecule has 0 unspecified atom stereocenters. The normalized spacial score (nSPS) is 11.7. The first-order chi connectivity index (χ1) is 8.54. The molecule has 98 valence electrons. The van der Waals surface area contributed by atoms with Crippen molar-refractivity contribution in [1.82, 2.24) is 5.32 Å². The Balaban J connectivity index is 2.58. The number of ether oxygens (including phenoxy) is 1. The van der Waals surface area contributed by atoms with E-state index in [9.17, 15) is 14.9 Å². The molecule has 0 heterocycles. The van der Waals surface area contributed by atoms with Gasteiger partial charge in [0.2, 0.25) is 0 Å². The van der Waals surface area contributed by atoms with Crippen molar-refractivity contribution in [2.75, 3.05) is 6.61 Å². The Morgan fingerprint density at radius 2 is 2.17 bits per heavy atom. The zero-order valence-corrected chi connectivity index (χ0v) is 10.4. The van der Waals surface area contributed by atoms with Crippen molar-refractivity contribution < 1.29 is 14.5 Å². The van der Waals surface area contributed by atoms with Gasteiger partial charge in [0.05, 0.1) is 4.92 Å². The summed E-state index contributed by atoms with van der Waals surface area (Å²) in [4.78, 5) is 21.6. The van der Waals surface area contributed by atoms with Crippen molar-refractivity contribution in [3.05, 3.63) is 34.4 Å². The van der Waals surface area contributed by atoms with E-state index in [1.54, 1.807) is 12.1 Å². The largest absolute Gasteiger partial charge is 0.477 e. The molecule has 1 N–H and O–H groups in total. The number of nitrogens with zero attached hydrogens (tertiary/aromatic N) is 1. The molecule has 0 aliphatic heterocycles. The second-order valence-electron chi connectivity index (χ2n) is 3.89. The quantitative estimate of drug-likeness (QED) is 0.619. The summed E-state index contributed by atoms with van der Waals surface area (Å²) in [7, 11) is 0. The first-order valence-electron chi connectivity index (χ1n) is 5.70. The average Bonchev–Trinajstić information content (AvgIpc) is 2.36.